The average Bonchev–Trinajstić information content (AvgIpc) is 2.73. The van der Waals surface area contributed by atoms with Gasteiger partial charge in [0.1, 0.15) is 5.76 Å². The second-order valence-corrected chi connectivity index (χ2v) is 4.66. The van der Waals surface area contributed by atoms with Crippen molar-refractivity contribution in [3.63, 3.8) is 0 Å². The topological polar surface area (TPSA) is 42.2 Å². The Morgan fingerprint density at radius 3 is 2.88 bits per heavy atom. The summed E-state index contributed by atoms with van der Waals surface area (Å²) in [5.41, 5.74) is -0.123. The maximum atomic E-state index is 11.7. The van der Waals surface area contributed by atoms with Crippen molar-refractivity contribution >= 4 is 17.5 Å². The summed E-state index contributed by atoms with van der Waals surface area (Å²) < 4.78 is 5.17. The van der Waals surface area contributed by atoms with E-state index in [4.69, 9.17) is 16.0 Å². The third-order valence-corrected chi connectivity index (χ3v) is 3.66. The summed E-state index contributed by atoms with van der Waals surface area (Å²) in [6, 6.07) is 3.72. The lowest BCUT2D eigenvalue weighted by molar-refractivity contribution is -0.123. The van der Waals surface area contributed by atoms with Crippen molar-refractivity contribution in [3.05, 3.63) is 24.2 Å². The third-order valence-electron chi connectivity index (χ3n) is 3.15. The molecule has 1 aromatic heterocycles. The Bertz CT molecular complexity index is 338. The molecule has 1 aliphatic rings. The van der Waals surface area contributed by atoms with Gasteiger partial charge in [0.05, 0.1) is 11.8 Å². The maximum Gasteiger partial charge on any atom is 0.220 e. The van der Waals surface area contributed by atoms with Crippen molar-refractivity contribution in [3.8, 4) is 0 Å². The van der Waals surface area contributed by atoms with Crippen molar-refractivity contribution in [2.45, 2.75) is 37.6 Å². The van der Waals surface area contributed by atoms with Crippen LogP contribution in [-0.2, 0) is 11.2 Å². The lowest BCUT2D eigenvalue weighted by atomic mass is 9.78. The minimum absolute atomic E-state index is 0.0664. The highest BCUT2D eigenvalue weighted by molar-refractivity contribution is 6.18. The number of nitrogens with one attached hydrogen (secondary N) is 1. The zero-order chi connectivity index (χ0) is 11.4. The van der Waals surface area contributed by atoms with Gasteiger partial charge in [0.25, 0.3) is 0 Å². The number of rotatable bonds is 5. The fraction of sp³-hybridized carbons (Fsp3) is 0.583. The standard InChI is InChI=1S/C12H16ClNO2/c13-9-12(6-2-7-12)14-11(15)5-4-10-3-1-8-16-10/h1,3,8H,2,4-7,9H2,(H,14,15). The van der Waals surface area contributed by atoms with Crippen molar-refractivity contribution in [1.82, 2.24) is 5.32 Å². The fourth-order valence-electron chi connectivity index (χ4n) is 1.95. The summed E-state index contributed by atoms with van der Waals surface area (Å²) in [5.74, 6) is 1.43. The van der Waals surface area contributed by atoms with Gasteiger partial charge in [0.2, 0.25) is 5.91 Å². The Labute approximate surface area is 100 Å². The molecule has 1 amide bonds. The highest BCUT2D eigenvalue weighted by Crippen LogP contribution is 2.32. The minimum Gasteiger partial charge on any atom is -0.469 e. The van der Waals surface area contributed by atoms with E-state index in [1.165, 1.54) is 0 Å². The quantitative estimate of drug-likeness (QED) is 0.805. The first-order chi connectivity index (χ1) is 7.74. The van der Waals surface area contributed by atoms with Crippen LogP contribution in [-0.4, -0.2) is 17.3 Å². The van der Waals surface area contributed by atoms with Gasteiger partial charge >= 0.3 is 0 Å². The zero-order valence-corrected chi connectivity index (χ0v) is 9.93. The summed E-state index contributed by atoms with van der Waals surface area (Å²) in [6.07, 6.45) is 5.90. The fourth-order valence-corrected chi connectivity index (χ4v) is 2.28. The molecule has 1 fully saturated rings. The zero-order valence-electron chi connectivity index (χ0n) is 9.17. The van der Waals surface area contributed by atoms with Crippen molar-refractivity contribution in [2.24, 2.45) is 0 Å². The number of hydrogen-bond donors (Lipinski definition) is 1. The van der Waals surface area contributed by atoms with Crippen LogP contribution in [0.4, 0.5) is 0 Å². The van der Waals surface area contributed by atoms with Crippen LogP contribution in [0.1, 0.15) is 31.4 Å². The van der Waals surface area contributed by atoms with Crippen LogP contribution in [0, 0.1) is 0 Å². The number of halogens is 1. The molecule has 0 aromatic carbocycles. The number of alkyl halides is 1. The van der Waals surface area contributed by atoms with Gasteiger partial charge in [-0.3, -0.25) is 4.79 Å². The SMILES string of the molecule is O=C(CCc1ccco1)NC1(CCl)CCC1. The minimum atomic E-state index is -0.123. The molecule has 0 atom stereocenters. The molecule has 1 heterocycles. The van der Waals surface area contributed by atoms with Gasteiger partial charge < -0.3 is 9.73 Å². The normalized spacial score (nSPS) is 17.8. The molecule has 0 radical (unpaired) electrons. The molecule has 3 nitrogen and oxygen atoms in total. The highest BCUT2D eigenvalue weighted by Gasteiger charge is 2.37. The van der Waals surface area contributed by atoms with Gasteiger partial charge in [-0.1, -0.05) is 0 Å². The molecule has 4 heteroatoms. The van der Waals surface area contributed by atoms with Crippen LogP contribution in [0.5, 0.6) is 0 Å². The van der Waals surface area contributed by atoms with E-state index in [0.29, 0.717) is 18.7 Å². The van der Waals surface area contributed by atoms with E-state index in [-0.39, 0.29) is 11.4 Å². The number of aryl methyl sites for hydroxylation is 1. The summed E-state index contributed by atoms with van der Waals surface area (Å²) >= 11 is 5.87. The van der Waals surface area contributed by atoms with Crippen LogP contribution in [0.2, 0.25) is 0 Å². The van der Waals surface area contributed by atoms with E-state index in [1.807, 2.05) is 12.1 Å². The summed E-state index contributed by atoms with van der Waals surface area (Å²) in [7, 11) is 0. The Kier molecular flexibility index (Phi) is 3.54. The van der Waals surface area contributed by atoms with Gasteiger partial charge in [-0.05, 0) is 31.4 Å². The van der Waals surface area contributed by atoms with E-state index in [2.05, 4.69) is 5.32 Å². The largest absolute Gasteiger partial charge is 0.469 e. The van der Waals surface area contributed by atoms with Gasteiger partial charge in [-0.15, -0.1) is 11.6 Å². The first kappa shape index (κ1) is 11.5. The van der Waals surface area contributed by atoms with Crippen molar-refractivity contribution < 1.29 is 9.21 Å². The molecular formula is C12H16ClNO2. The molecule has 0 aliphatic heterocycles. The van der Waals surface area contributed by atoms with E-state index < -0.39 is 0 Å². The van der Waals surface area contributed by atoms with Gasteiger partial charge in [-0.2, -0.15) is 0 Å². The average molecular weight is 242 g/mol. The van der Waals surface area contributed by atoms with E-state index in [0.717, 1.165) is 25.0 Å². The molecule has 16 heavy (non-hydrogen) atoms. The molecular weight excluding hydrogens is 226 g/mol. The lowest BCUT2D eigenvalue weighted by Crippen LogP contribution is -2.55. The van der Waals surface area contributed by atoms with Crippen molar-refractivity contribution in [1.29, 1.82) is 0 Å². The Balaban J connectivity index is 1.76. The second kappa shape index (κ2) is 4.91. The molecule has 0 unspecified atom stereocenters. The molecule has 1 N–H and O–H groups in total. The van der Waals surface area contributed by atoms with E-state index >= 15 is 0 Å². The first-order valence-corrected chi connectivity index (χ1v) is 6.17. The smallest absolute Gasteiger partial charge is 0.220 e. The molecule has 0 spiro atoms. The first-order valence-electron chi connectivity index (χ1n) is 5.63. The number of carbonyl (C=O) groups excluding carboxylic acids is 1. The van der Waals surface area contributed by atoms with Gasteiger partial charge in [0, 0.05) is 18.7 Å². The summed E-state index contributed by atoms with van der Waals surface area (Å²) in [5, 5.41) is 3.03. The Hall–Kier alpha value is -0.960. The van der Waals surface area contributed by atoms with Crippen LogP contribution in [0.3, 0.4) is 0 Å². The van der Waals surface area contributed by atoms with Gasteiger partial charge in [-0.25, -0.2) is 0 Å². The number of furan rings is 1. The number of amides is 1. The van der Waals surface area contributed by atoms with E-state index in [9.17, 15) is 4.79 Å². The number of hydrogen-bond acceptors (Lipinski definition) is 2. The number of carbonyl (C=O) groups is 1. The maximum absolute atomic E-state index is 11.7. The molecule has 1 saturated carbocycles. The molecule has 1 aromatic rings. The molecule has 2 rings (SSSR count). The third kappa shape index (κ3) is 2.59. The summed E-state index contributed by atoms with van der Waals surface area (Å²) in [6.45, 7) is 0. The second-order valence-electron chi connectivity index (χ2n) is 4.40. The predicted octanol–water partition coefficient (Wildman–Crippen LogP) is 2.49. The van der Waals surface area contributed by atoms with Crippen molar-refractivity contribution in [2.75, 3.05) is 5.88 Å². The van der Waals surface area contributed by atoms with Crippen LogP contribution >= 0.6 is 11.6 Å². The highest BCUT2D eigenvalue weighted by atomic mass is 35.5. The van der Waals surface area contributed by atoms with Crippen LogP contribution in [0.25, 0.3) is 0 Å². The lowest BCUT2D eigenvalue weighted by Gasteiger charge is -2.41. The summed E-state index contributed by atoms with van der Waals surface area (Å²) in [4.78, 5) is 11.7. The van der Waals surface area contributed by atoms with Crippen LogP contribution in [0.15, 0.2) is 22.8 Å². The molecule has 88 valence electrons. The monoisotopic (exact) mass is 241 g/mol. The molecule has 0 saturated heterocycles. The van der Waals surface area contributed by atoms with E-state index in [1.54, 1.807) is 6.26 Å². The molecule has 0 bridgehead atoms. The van der Waals surface area contributed by atoms with Crippen LogP contribution < -0.4 is 5.32 Å². The molecule has 1 aliphatic carbocycles. The van der Waals surface area contributed by atoms with Gasteiger partial charge in [0.15, 0.2) is 0 Å². The Morgan fingerprint density at radius 2 is 2.38 bits per heavy atom. The predicted molar refractivity (Wildman–Crippen MR) is 62.5 cm³/mol. The Morgan fingerprint density at radius 1 is 1.56 bits per heavy atom.